The Morgan fingerprint density at radius 1 is 0.905 bits per heavy atom. The molecule has 0 saturated heterocycles. The largest absolute Gasteiger partial charge is 0.256 e. The molecule has 21 heavy (non-hydrogen) atoms. The Kier molecular flexibility index (Phi) is 3.85. The van der Waals surface area contributed by atoms with Gasteiger partial charge in [0.25, 0.3) is 0 Å². The van der Waals surface area contributed by atoms with Gasteiger partial charge in [-0.3, -0.25) is 4.98 Å². The average molecular weight is 334 g/mol. The van der Waals surface area contributed by atoms with Crippen LogP contribution < -0.4 is 0 Å². The van der Waals surface area contributed by atoms with E-state index in [-0.39, 0.29) is 0 Å². The summed E-state index contributed by atoms with van der Waals surface area (Å²) < 4.78 is 1.05. The molecule has 0 saturated carbocycles. The summed E-state index contributed by atoms with van der Waals surface area (Å²) in [7, 11) is 0. The van der Waals surface area contributed by atoms with E-state index in [2.05, 4.69) is 45.0 Å². The molecule has 1 nitrogen and oxygen atoms in total. The quantitative estimate of drug-likeness (QED) is 0.590. The van der Waals surface area contributed by atoms with Crippen LogP contribution in [0.5, 0.6) is 0 Å². The van der Waals surface area contributed by atoms with Gasteiger partial charge in [0.1, 0.15) is 0 Å². The van der Waals surface area contributed by atoms with Gasteiger partial charge in [-0.2, -0.15) is 0 Å². The number of hydrogen-bond acceptors (Lipinski definition) is 1. The van der Waals surface area contributed by atoms with Crippen LogP contribution in [0.25, 0.3) is 22.4 Å². The first-order chi connectivity index (χ1) is 10.3. The lowest BCUT2D eigenvalue weighted by molar-refractivity contribution is 1.32. The van der Waals surface area contributed by atoms with Crippen LogP contribution in [0.4, 0.5) is 0 Å². The van der Waals surface area contributed by atoms with Crippen LogP contribution in [0.3, 0.4) is 0 Å². The maximum atomic E-state index is 5.69. The lowest BCUT2D eigenvalue weighted by Gasteiger charge is -2.12. The van der Waals surface area contributed by atoms with Gasteiger partial charge in [-0.05, 0) is 35.9 Å². The third-order valence-electron chi connectivity index (χ3n) is 3.29. The van der Waals surface area contributed by atoms with Crippen molar-refractivity contribution in [3.8, 4) is 34.7 Å². The molecule has 3 aromatic rings. The maximum Gasteiger partial charge on any atom is 0.0708 e. The Morgan fingerprint density at radius 2 is 1.71 bits per heavy atom. The van der Waals surface area contributed by atoms with Crippen molar-refractivity contribution < 1.29 is 0 Å². The molecule has 0 fully saturated rings. The van der Waals surface area contributed by atoms with Gasteiger partial charge >= 0.3 is 0 Å². The first-order valence-electron chi connectivity index (χ1n) is 6.56. The van der Waals surface area contributed by atoms with Gasteiger partial charge < -0.3 is 0 Å². The van der Waals surface area contributed by atoms with Crippen LogP contribution in [0.1, 0.15) is 5.56 Å². The number of terminal acetylenes is 1. The Labute approximate surface area is 132 Å². The summed E-state index contributed by atoms with van der Waals surface area (Å²) in [6.45, 7) is 0. The number of hydrogen-bond donors (Lipinski definition) is 0. The first-order valence-corrected chi connectivity index (χ1v) is 7.36. The fraction of sp³-hybridized carbons (Fsp3) is 0. The highest BCUT2D eigenvalue weighted by atomic mass is 79.9. The van der Waals surface area contributed by atoms with Crippen molar-refractivity contribution in [3.63, 3.8) is 0 Å². The Hall–Kier alpha value is -2.37. The summed E-state index contributed by atoms with van der Waals surface area (Å²) in [5.74, 6) is 2.78. The molecule has 1 aromatic heterocycles. The molecule has 0 radical (unpaired) electrons. The fourth-order valence-electron chi connectivity index (χ4n) is 2.34. The molecular formula is C19H12BrN. The molecule has 0 amide bonds. The van der Waals surface area contributed by atoms with E-state index in [1.807, 2.05) is 42.5 Å². The van der Waals surface area contributed by atoms with Crippen molar-refractivity contribution in [3.05, 3.63) is 76.9 Å². The second-order valence-corrected chi connectivity index (χ2v) is 5.51. The van der Waals surface area contributed by atoms with E-state index in [0.29, 0.717) is 0 Å². The van der Waals surface area contributed by atoms with Crippen LogP contribution in [0, 0.1) is 12.3 Å². The standard InChI is InChI=1S/C19H12BrN/c1-2-14-6-5-7-17(18-8-3-4-13-21-18)19(14)15-9-11-16(20)12-10-15/h1,3-13H. The number of pyridine rings is 1. The summed E-state index contributed by atoms with van der Waals surface area (Å²) in [4.78, 5) is 4.45. The number of benzene rings is 2. The fourth-order valence-corrected chi connectivity index (χ4v) is 2.60. The van der Waals surface area contributed by atoms with Crippen molar-refractivity contribution in [1.82, 2.24) is 4.98 Å². The highest BCUT2D eigenvalue weighted by molar-refractivity contribution is 9.10. The zero-order valence-corrected chi connectivity index (χ0v) is 12.8. The zero-order valence-electron chi connectivity index (χ0n) is 11.3. The van der Waals surface area contributed by atoms with Crippen molar-refractivity contribution in [1.29, 1.82) is 0 Å². The van der Waals surface area contributed by atoms with E-state index in [1.165, 1.54) is 0 Å². The SMILES string of the molecule is C#Cc1cccc(-c2ccccn2)c1-c1ccc(Br)cc1. The van der Waals surface area contributed by atoms with Crippen molar-refractivity contribution in [2.24, 2.45) is 0 Å². The average Bonchev–Trinajstić information content (AvgIpc) is 2.56. The third-order valence-corrected chi connectivity index (χ3v) is 3.82. The van der Waals surface area contributed by atoms with Crippen LogP contribution in [0.2, 0.25) is 0 Å². The summed E-state index contributed by atoms with van der Waals surface area (Å²) >= 11 is 3.46. The van der Waals surface area contributed by atoms with Gasteiger partial charge in [-0.25, -0.2) is 0 Å². The summed E-state index contributed by atoms with van der Waals surface area (Å²) in [5, 5.41) is 0. The van der Waals surface area contributed by atoms with Gasteiger partial charge in [-0.1, -0.05) is 52.2 Å². The molecule has 0 spiro atoms. The molecule has 0 bridgehead atoms. The molecule has 1 heterocycles. The number of nitrogens with zero attached hydrogens (tertiary/aromatic N) is 1. The van der Waals surface area contributed by atoms with E-state index in [0.717, 1.165) is 32.4 Å². The predicted molar refractivity (Wildman–Crippen MR) is 90.7 cm³/mol. The lowest BCUT2D eigenvalue weighted by atomic mass is 9.93. The normalized spacial score (nSPS) is 10.1. The second-order valence-electron chi connectivity index (χ2n) is 4.59. The van der Waals surface area contributed by atoms with E-state index >= 15 is 0 Å². The minimum absolute atomic E-state index is 0.875. The minimum atomic E-state index is 0.875. The first kappa shape index (κ1) is 13.6. The van der Waals surface area contributed by atoms with Gasteiger partial charge in [-0.15, -0.1) is 6.42 Å². The number of aromatic nitrogens is 1. The van der Waals surface area contributed by atoms with Gasteiger partial charge in [0.2, 0.25) is 0 Å². The van der Waals surface area contributed by atoms with E-state index in [9.17, 15) is 0 Å². The maximum absolute atomic E-state index is 5.69. The Morgan fingerprint density at radius 3 is 2.38 bits per heavy atom. The van der Waals surface area contributed by atoms with Gasteiger partial charge in [0.05, 0.1) is 5.69 Å². The van der Waals surface area contributed by atoms with Crippen molar-refractivity contribution >= 4 is 15.9 Å². The summed E-state index contributed by atoms with van der Waals surface area (Å²) in [6.07, 6.45) is 7.48. The predicted octanol–water partition coefficient (Wildman–Crippen LogP) is 5.16. The number of halogens is 1. The topological polar surface area (TPSA) is 12.9 Å². The van der Waals surface area contributed by atoms with Crippen molar-refractivity contribution in [2.75, 3.05) is 0 Å². The van der Waals surface area contributed by atoms with Crippen LogP contribution in [0.15, 0.2) is 71.3 Å². The molecule has 3 rings (SSSR count). The van der Waals surface area contributed by atoms with Crippen molar-refractivity contribution in [2.45, 2.75) is 0 Å². The molecule has 100 valence electrons. The van der Waals surface area contributed by atoms with Crippen LogP contribution in [-0.2, 0) is 0 Å². The Bertz CT molecular complexity index is 799. The highest BCUT2D eigenvalue weighted by Crippen LogP contribution is 2.34. The zero-order chi connectivity index (χ0) is 14.7. The molecular weight excluding hydrogens is 322 g/mol. The molecule has 0 aliphatic heterocycles. The molecule has 0 atom stereocenters. The molecule has 0 unspecified atom stereocenters. The molecule has 0 N–H and O–H groups in total. The molecule has 0 aliphatic rings. The minimum Gasteiger partial charge on any atom is -0.256 e. The molecule has 2 aromatic carbocycles. The van der Waals surface area contributed by atoms with Gasteiger partial charge in [0, 0.05) is 27.4 Å². The van der Waals surface area contributed by atoms with Crippen LogP contribution in [-0.4, -0.2) is 4.98 Å². The lowest BCUT2D eigenvalue weighted by Crippen LogP contribution is -1.91. The Balaban J connectivity index is 2.27. The molecule has 2 heteroatoms. The van der Waals surface area contributed by atoms with Gasteiger partial charge in [0.15, 0.2) is 0 Å². The van der Waals surface area contributed by atoms with Crippen LogP contribution >= 0.6 is 15.9 Å². The second kappa shape index (κ2) is 5.95. The highest BCUT2D eigenvalue weighted by Gasteiger charge is 2.11. The third kappa shape index (κ3) is 2.74. The smallest absolute Gasteiger partial charge is 0.0708 e. The molecule has 0 aliphatic carbocycles. The summed E-state index contributed by atoms with van der Waals surface area (Å²) in [5.41, 5.74) is 4.99. The summed E-state index contributed by atoms with van der Waals surface area (Å²) in [6, 6.07) is 20.0. The van der Waals surface area contributed by atoms with E-state index < -0.39 is 0 Å². The monoisotopic (exact) mass is 333 g/mol. The van der Waals surface area contributed by atoms with E-state index in [4.69, 9.17) is 6.42 Å². The van der Waals surface area contributed by atoms with E-state index in [1.54, 1.807) is 6.20 Å². The number of rotatable bonds is 2.